The van der Waals surface area contributed by atoms with E-state index >= 15 is 0 Å². The minimum absolute atomic E-state index is 0.0676. The van der Waals surface area contributed by atoms with Crippen LogP contribution in [0.2, 0.25) is 15.1 Å². The van der Waals surface area contributed by atoms with Crippen molar-refractivity contribution in [2.45, 2.75) is 6.54 Å². The van der Waals surface area contributed by atoms with Crippen LogP contribution < -0.4 is 9.47 Å². The Labute approximate surface area is 239 Å². The highest BCUT2D eigenvalue weighted by atomic mass is 127. The molecule has 0 bridgehead atoms. The first-order valence-corrected chi connectivity index (χ1v) is 13.2. The van der Waals surface area contributed by atoms with E-state index < -0.39 is 17.1 Å². The van der Waals surface area contributed by atoms with Gasteiger partial charge in [-0.2, -0.15) is 0 Å². The summed E-state index contributed by atoms with van der Waals surface area (Å²) in [6.07, 6.45) is 1.59. The summed E-state index contributed by atoms with van der Waals surface area (Å²) in [5.74, 6) is -0.502. The molecule has 0 unspecified atom stereocenters. The van der Waals surface area contributed by atoms with Crippen LogP contribution in [0, 0.1) is 3.57 Å². The van der Waals surface area contributed by atoms with E-state index in [4.69, 9.17) is 44.3 Å². The second kappa shape index (κ2) is 11.4. The number of thioether (sulfide) groups is 1. The van der Waals surface area contributed by atoms with Gasteiger partial charge in [0.2, 0.25) is 0 Å². The van der Waals surface area contributed by atoms with E-state index in [-0.39, 0.29) is 17.2 Å². The van der Waals surface area contributed by atoms with E-state index in [1.165, 1.54) is 13.2 Å². The fourth-order valence-electron chi connectivity index (χ4n) is 3.30. The van der Waals surface area contributed by atoms with Crippen LogP contribution >= 0.6 is 69.2 Å². The Morgan fingerprint density at radius 1 is 1.06 bits per heavy atom. The molecule has 1 fully saturated rings. The van der Waals surface area contributed by atoms with Gasteiger partial charge in [0.15, 0.2) is 11.5 Å². The second-order valence-electron chi connectivity index (χ2n) is 7.45. The van der Waals surface area contributed by atoms with Crippen LogP contribution in [0.4, 0.5) is 4.79 Å². The molecular formula is C25H15Cl3INO5S. The molecule has 0 radical (unpaired) electrons. The Bertz CT molecular complexity index is 1430. The van der Waals surface area contributed by atoms with Crippen LogP contribution in [0.25, 0.3) is 6.08 Å². The van der Waals surface area contributed by atoms with E-state index in [9.17, 15) is 14.4 Å². The number of carbonyl (C=O) groups excluding carboxylic acids is 3. The van der Waals surface area contributed by atoms with Gasteiger partial charge in [-0.25, -0.2) is 4.79 Å². The van der Waals surface area contributed by atoms with Crippen molar-refractivity contribution in [3.8, 4) is 11.5 Å². The largest absolute Gasteiger partial charge is 0.493 e. The van der Waals surface area contributed by atoms with Gasteiger partial charge < -0.3 is 9.47 Å². The predicted molar refractivity (Wildman–Crippen MR) is 150 cm³/mol. The molecule has 0 aromatic heterocycles. The lowest BCUT2D eigenvalue weighted by molar-refractivity contribution is -0.123. The van der Waals surface area contributed by atoms with Gasteiger partial charge in [0, 0.05) is 5.02 Å². The summed E-state index contributed by atoms with van der Waals surface area (Å²) in [5.41, 5.74) is 1.56. The summed E-state index contributed by atoms with van der Waals surface area (Å²) in [6, 6.07) is 14.7. The molecule has 0 spiro atoms. The molecule has 6 nitrogen and oxygen atoms in total. The third-order valence-electron chi connectivity index (χ3n) is 5.00. The summed E-state index contributed by atoms with van der Waals surface area (Å²) in [4.78, 5) is 39.5. The summed E-state index contributed by atoms with van der Waals surface area (Å²) in [7, 11) is 1.44. The highest BCUT2D eigenvalue weighted by Gasteiger charge is 2.35. The highest BCUT2D eigenvalue weighted by molar-refractivity contribution is 14.1. The SMILES string of the molecule is COc1cc(/C=C2\SC(=O)N(Cc3ccc(Cl)c(Cl)c3)C2=O)cc(I)c1OC(=O)c1cccc(Cl)c1. The Hall–Kier alpha value is -2.24. The van der Waals surface area contributed by atoms with Crippen molar-refractivity contribution >= 4 is 92.3 Å². The van der Waals surface area contributed by atoms with E-state index in [1.807, 2.05) is 22.6 Å². The molecule has 0 N–H and O–H groups in total. The van der Waals surface area contributed by atoms with Gasteiger partial charge in [0.25, 0.3) is 11.1 Å². The Kier molecular flexibility index (Phi) is 8.52. The lowest BCUT2D eigenvalue weighted by Gasteiger charge is -2.13. The number of nitrogens with zero attached hydrogens (tertiary/aromatic N) is 1. The van der Waals surface area contributed by atoms with Crippen molar-refractivity contribution in [3.63, 3.8) is 0 Å². The summed E-state index contributed by atoms with van der Waals surface area (Å²) < 4.78 is 11.6. The van der Waals surface area contributed by atoms with Crippen molar-refractivity contribution in [1.82, 2.24) is 4.90 Å². The normalized spacial score (nSPS) is 14.5. The fourth-order valence-corrected chi connectivity index (χ4v) is 5.38. The molecule has 0 atom stereocenters. The van der Waals surface area contributed by atoms with E-state index in [0.29, 0.717) is 41.1 Å². The third kappa shape index (κ3) is 6.00. The molecule has 0 saturated carbocycles. The van der Waals surface area contributed by atoms with Crippen molar-refractivity contribution in [2.75, 3.05) is 7.11 Å². The van der Waals surface area contributed by atoms with Crippen LogP contribution in [0.15, 0.2) is 59.5 Å². The first kappa shape index (κ1) is 26.8. The van der Waals surface area contributed by atoms with Crippen LogP contribution in [0.5, 0.6) is 11.5 Å². The zero-order chi connectivity index (χ0) is 26.0. The molecule has 4 rings (SSSR count). The second-order valence-corrected chi connectivity index (χ2v) is 10.9. The summed E-state index contributed by atoms with van der Waals surface area (Å²) in [6.45, 7) is 0.0676. The van der Waals surface area contributed by atoms with Gasteiger partial charge in [-0.1, -0.05) is 46.9 Å². The number of halogens is 4. The van der Waals surface area contributed by atoms with Crippen LogP contribution in [-0.2, 0) is 11.3 Å². The minimum Gasteiger partial charge on any atom is -0.493 e. The monoisotopic (exact) mass is 673 g/mol. The molecule has 1 aliphatic heterocycles. The maximum atomic E-state index is 13.0. The number of methoxy groups -OCH3 is 1. The number of amides is 2. The molecule has 1 saturated heterocycles. The fraction of sp³-hybridized carbons (Fsp3) is 0.0800. The van der Waals surface area contributed by atoms with E-state index in [0.717, 1.165) is 16.7 Å². The number of imide groups is 1. The summed E-state index contributed by atoms with van der Waals surface area (Å²) >= 11 is 20.8. The zero-order valence-corrected chi connectivity index (χ0v) is 23.6. The molecule has 36 heavy (non-hydrogen) atoms. The third-order valence-corrected chi connectivity index (χ3v) is 7.69. The maximum Gasteiger partial charge on any atom is 0.343 e. The Morgan fingerprint density at radius 3 is 2.53 bits per heavy atom. The smallest absolute Gasteiger partial charge is 0.343 e. The van der Waals surface area contributed by atoms with Gasteiger partial charge in [-0.15, -0.1) is 0 Å². The molecule has 184 valence electrons. The first-order chi connectivity index (χ1) is 17.2. The molecule has 3 aromatic rings. The maximum absolute atomic E-state index is 13.0. The predicted octanol–water partition coefficient (Wildman–Crippen LogP) is 7.72. The number of carbonyl (C=O) groups is 3. The van der Waals surface area contributed by atoms with Crippen LogP contribution in [-0.4, -0.2) is 29.1 Å². The topological polar surface area (TPSA) is 72.9 Å². The average molecular weight is 675 g/mol. The number of hydrogen-bond donors (Lipinski definition) is 0. The van der Waals surface area contributed by atoms with Gasteiger partial charge in [-0.3, -0.25) is 14.5 Å². The lowest BCUT2D eigenvalue weighted by atomic mass is 10.1. The molecule has 3 aromatic carbocycles. The quantitative estimate of drug-likeness (QED) is 0.115. The van der Waals surface area contributed by atoms with Gasteiger partial charge in [0.05, 0.1) is 37.7 Å². The molecular weight excluding hydrogens is 660 g/mol. The molecule has 2 amide bonds. The number of ether oxygens (including phenoxy) is 2. The zero-order valence-electron chi connectivity index (χ0n) is 18.4. The van der Waals surface area contributed by atoms with Crippen LogP contribution in [0.3, 0.4) is 0 Å². The van der Waals surface area contributed by atoms with Gasteiger partial charge in [-0.05, 0) is 94.0 Å². The van der Waals surface area contributed by atoms with E-state index in [2.05, 4.69) is 0 Å². The van der Waals surface area contributed by atoms with E-state index in [1.54, 1.807) is 54.6 Å². The average Bonchev–Trinajstić information content (AvgIpc) is 3.10. The standard InChI is InChI=1S/C25H15Cl3INO5S/c1-34-20-9-14(8-19(29)22(20)35-24(32)15-3-2-4-16(26)11-15)10-21-23(31)30(25(33)36-21)12-13-5-6-17(27)18(28)7-13/h2-11H,12H2,1H3/b21-10-. The van der Waals surface area contributed by atoms with Gasteiger partial charge >= 0.3 is 5.97 Å². The molecule has 1 aliphatic rings. The van der Waals surface area contributed by atoms with Crippen molar-refractivity contribution in [3.05, 3.63) is 94.8 Å². The Balaban J connectivity index is 1.56. The first-order valence-electron chi connectivity index (χ1n) is 10.2. The molecule has 1 heterocycles. The van der Waals surface area contributed by atoms with Crippen molar-refractivity contribution in [1.29, 1.82) is 0 Å². The number of hydrogen-bond acceptors (Lipinski definition) is 6. The van der Waals surface area contributed by atoms with Crippen molar-refractivity contribution < 1.29 is 23.9 Å². The summed E-state index contributed by atoms with van der Waals surface area (Å²) in [5, 5.41) is 0.745. The number of benzene rings is 3. The number of rotatable bonds is 6. The minimum atomic E-state index is -0.593. The highest BCUT2D eigenvalue weighted by Crippen LogP contribution is 2.38. The number of esters is 1. The van der Waals surface area contributed by atoms with Crippen molar-refractivity contribution in [2.24, 2.45) is 0 Å². The Morgan fingerprint density at radius 2 is 1.83 bits per heavy atom. The van der Waals surface area contributed by atoms with Crippen LogP contribution in [0.1, 0.15) is 21.5 Å². The molecule has 11 heteroatoms. The molecule has 0 aliphatic carbocycles. The lowest BCUT2D eigenvalue weighted by Crippen LogP contribution is -2.27. The van der Waals surface area contributed by atoms with Gasteiger partial charge in [0.1, 0.15) is 0 Å².